The van der Waals surface area contributed by atoms with Gasteiger partial charge in [0.05, 0.1) is 18.8 Å². The van der Waals surface area contributed by atoms with E-state index in [2.05, 4.69) is 13.8 Å². The van der Waals surface area contributed by atoms with E-state index >= 15 is 0 Å². The Hall–Kier alpha value is -1.65. The normalized spacial score (nSPS) is 11.1. The maximum absolute atomic E-state index is 12.5. The van der Waals surface area contributed by atoms with Crippen molar-refractivity contribution < 1.29 is 19.0 Å². The van der Waals surface area contributed by atoms with Crippen molar-refractivity contribution in [3.63, 3.8) is 0 Å². The van der Waals surface area contributed by atoms with Crippen LogP contribution in [0.2, 0.25) is 6.82 Å². The van der Waals surface area contributed by atoms with Gasteiger partial charge in [0.25, 0.3) is 0 Å². The highest BCUT2D eigenvalue weighted by Gasteiger charge is 2.21. The molecule has 0 spiro atoms. The van der Waals surface area contributed by atoms with Crippen molar-refractivity contribution in [3.05, 3.63) is 17.7 Å². The number of hydrogen-bond donors (Lipinski definition) is 0. The molecule has 25 heavy (non-hydrogen) atoms. The summed E-state index contributed by atoms with van der Waals surface area (Å²) in [6.07, 6.45) is 4.03. The van der Waals surface area contributed by atoms with Crippen LogP contribution in [-0.4, -0.2) is 32.1 Å². The van der Waals surface area contributed by atoms with Gasteiger partial charge >= 0.3 is 5.97 Å². The maximum atomic E-state index is 12.5. The summed E-state index contributed by atoms with van der Waals surface area (Å²) in [5.41, 5.74) is 0.803. The molecule has 0 heterocycles. The van der Waals surface area contributed by atoms with Crippen molar-refractivity contribution in [3.8, 4) is 11.5 Å². The number of esters is 1. The van der Waals surface area contributed by atoms with Gasteiger partial charge in [0.2, 0.25) is 0 Å². The molecule has 5 heteroatoms. The van der Waals surface area contributed by atoms with Crippen molar-refractivity contribution >= 4 is 18.7 Å². The molecule has 0 bridgehead atoms. The Kier molecular flexibility index (Phi) is 8.88. The standard InChI is InChI=1S/C20H32BO4/c1-7-9-11-23-16-13-15(19(22)25-20(3,4)5)14-17(18(16)21-6)24-12-10-8-2/h13-14H,7-12H2,1-6H3. The first-order valence-electron chi connectivity index (χ1n) is 9.28. The second-order valence-electron chi connectivity index (χ2n) is 7.08. The molecule has 1 aromatic carbocycles. The van der Waals surface area contributed by atoms with Crippen molar-refractivity contribution in [2.24, 2.45) is 0 Å². The van der Waals surface area contributed by atoms with E-state index in [0.717, 1.165) is 31.1 Å². The summed E-state index contributed by atoms with van der Waals surface area (Å²) in [6.45, 7) is 13.0. The Morgan fingerprint density at radius 1 is 1.00 bits per heavy atom. The molecule has 0 atom stereocenters. The summed E-state index contributed by atoms with van der Waals surface area (Å²) in [7, 11) is 1.96. The predicted molar refractivity (Wildman–Crippen MR) is 104 cm³/mol. The number of rotatable bonds is 10. The van der Waals surface area contributed by atoms with Crippen LogP contribution in [0, 0.1) is 0 Å². The van der Waals surface area contributed by atoms with E-state index in [9.17, 15) is 4.79 Å². The van der Waals surface area contributed by atoms with Crippen LogP contribution < -0.4 is 14.9 Å². The largest absolute Gasteiger partial charge is 0.494 e. The number of hydrogen-bond acceptors (Lipinski definition) is 4. The number of carbonyl (C=O) groups excluding carboxylic acids is 1. The lowest BCUT2D eigenvalue weighted by atomic mass is 9.71. The van der Waals surface area contributed by atoms with Crippen molar-refractivity contribution in [1.82, 2.24) is 0 Å². The first-order chi connectivity index (χ1) is 11.8. The molecule has 1 radical (unpaired) electrons. The summed E-state index contributed by atoms with van der Waals surface area (Å²) < 4.78 is 17.3. The van der Waals surface area contributed by atoms with Crippen LogP contribution in [0.3, 0.4) is 0 Å². The number of benzene rings is 1. The molecule has 0 amide bonds. The van der Waals surface area contributed by atoms with Gasteiger partial charge in [0, 0.05) is 0 Å². The zero-order chi connectivity index (χ0) is 18.9. The number of unbranched alkanes of at least 4 members (excludes halogenated alkanes) is 2. The Bertz CT molecular complexity index is 518. The molecule has 0 saturated carbocycles. The highest BCUT2D eigenvalue weighted by atomic mass is 16.6. The van der Waals surface area contributed by atoms with Gasteiger partial charge in [-0.1, -0.05) is 33.5 Å². The fourth-order valence-corrected chi connectivity index (χ4v) is 2.23. The molecule has 0 aromatic heterocycles. The maximum Gasteiger partial charge on any atom is 0.338 e. The molecule has 0 saturated heterocycles. The molecule has 0 fully saturated rings. The van der Waals surface area contributed by atoms with Gasteiger partial charge < -0.3 is 14.2 Å². The van der Waals surface area contributed by atoms with Crippen LogP contribution in [0.4, 0.5) is 0 Å². The molecule has 0 N–H and O–H groups in total. The summed E-state index contributed by atoms with van der Waals surface area (Å²) in [4.78, 5) is 12.5. The Balaban J connectivity index is 3.15. The first-order valence-corrected chi connectivity index (χ1v) is 9.28. The van der Waals surface area contributed by atoms with E-state index in [1.165, 1.54) is 0 Å². The second kappa shape index (κ2) is 10.4. The SMILES string of the molecule is C[B]c1c(OCCCC)cc(C(=O)OC(C)(C)C)cc1OCCCC. The van der Waals surface area contributed by atoms with Crippen LogP contribution in [0.5, 0.6) is 11.5 Å². The zero-order valence-corrected chi connectivity index (χ0v) is 16.6. The number of carbonyl (C=O) groups is 1. The molecule has 139 valence electrons. The lowest BCUT2D eigenvalue weighted by molar-refractivity contribution is 0.00687. The smallest absolute Gasteiger partial charge is 0.338 e. The third-order valence-corrected chi connectivity index (χ3v) is 3.54. The molecular formula is C20H32BO4. The fourth-order valence-electron chi connectivity index (χ4n) is 2.23. The van der Waals surface area contributed by atoms with Crippen molar-refractivity contribution in [1.29, 1.82) is 0 Å². The summed E-state index contributed by atoms with van der Waals surface area (Å²) >= 11 is 0. The molecule has 0 aliphatic carbocycles. The van der Waals surface area contributed by atoms with Gasteiger partial charge in [-0.05, 0) is 51.2 Å². The molecular weight excluding hydrogens is 315 g/mol. The van der Waals surface area contributed by atoms with Crippen LogP contribution in [-0.2, 0) is 4.74 Å². The summed E-state index contributed by atoms with van der Waals surface area (Å²) in [5.74, 6) is 0.979. The van der Waals surface area contributed by atoms with Gasteiger partial charge in [-0.25, -0.2) is 4.79 Å². The molecule has 1 aromatic rings. The van der Waals surface area contributed by atoms with E-state index in [1.54, 1.807) is 12.1 Å². The third kappa shape index (κ3) is 7.41. The lowest BCUT2D eigenvalue weighted by Gasteiger charge is -2.21. The fraction of sp³-hybridized carbons (Fsp3) is 0.650. The Morgan fingerprint density at radius 3 is 1.84 bits per heavy atom. The van der Waals surface area contributed by atoms with Gasteiger partial charge in [-0.15, -0.1) is 0 Å². The number of ether oxygens (including phenoxy) is 3. The Morgan fingerprint density at radius 2 is 1.48 bits per heavy atom. The van der Waals surface area contributed by atoms with E-state index in [4.69, 9.17) is 14.2 Å². The quantitative estimate of drug-likeness (QED) is 0.358. The third-order valence-electron chi connectivity index (χ3n) is 3.54. The van der Waals surface area contributed by atoms with Gasteiger partial charge in [-0.3, -0.25) is 0 Å². The predicted octanol–water partition coefficient (Wildman–Crippen LogP) is 4.38. The van der Waals surface area contributed by atoms with Crippen LogP contribution >= 0.6 is 0 Å². The average Bonchev–Trinajstić information content (AvgIpc) is 2.53. The van der Waals surface area contributed by atoms with Gasteiger partial charge in [-0.2, -0.15) is 0 Å². The summed E-state index contributed by atoms with van der Waals surface area (Å²) in [6, 6.07) is 3.51. The highest BCUT2D eigenvalue weighted by Crippen LogP contribution is 2.23. The second-order valence-corrected chi connectivity index (χ2v) is 7.08. The summed E-state index contributed by atoms with van der Waals surface area (Å²) in [5, 5.41) is 0. The molecule has 0 aliphatic rings. The molecule has 0 aliphatic heterocycles. The molecule has 1 rings (SSSR count). The van der Waals surface area contributed by atoms with Crippen LogP contribution in [0.25, 0.3) is 0 Å². The minimum atomic E-state index is -0.543. The topological polar surface area (TPSA) is 44.8 Å². The monoisotopic (exact) mass is 347 g/mol. The van der Waals surface area contributed by atoms with Crippen molar-refractivity contribution in [2.75, 3.05) is 13.2 Å². The Labute approximate surface area is 153 Å². The zero-order valence-electron chi connectivity index (χ0n) is 16.6. The average molecular weight is 347 g/mol. The van der Waals surface area contributed by atoms with Gasteiger partial charge in [0.15, 0.2) is 7.28 Å². The molecule has 4 nitrogen and oxygen atoms in total. The minimum Gasteiger partial charge on any atom is -0.494 e. The van der Waals surface area contributed by atoms with Crippen LogP contribution in [0.1, 0.15) is 70.7 Å². The first kappa shape index (κ1) is 21.4. The minimum absolute atomic E-state index is 0.365. The van der Waals surface area contributed by atoms with Crippen LogP contribution in [0.15, 0.2) is 12.1 Å². The highest BCUT2D eigenvalue weighted by molar-refractivity contribution is 6.54. The van der Waals surface area contributed by atoms with E-state index in [-0.39, 0.29) is 5.97 Å². The molecule has 0 unspecified atom stereocenters. The van der Waals surface area contributed by atoms with Gasteiger partial charge in [0.1, 0.15) is 17.1 Å². The van der Waals surface area contributed by atoms with E-state index in [0.29, 0.717) is 30.3 Å². The van der Waals surface area contributed by atoms with E-state index in [1.807, 2.05) is 34.9 Å². The van der Waals surface area contributed by atoms with Crippen molar-refractivity contribution in [2.45, 2.75) is 72.7 Å². The van der Waals surface area contributed by atoms with E-state index < -0.39 is 5.60 Å². The lowest BCUT2D eigenvalue weighted by Crippen LogP contribution is -2.25.